The molecule has 0 aliphatic carbocycles. The standard InChI is InChI=1S/C28H31Cl2N3O4S/c1-4-16-31-28(35)21(3)32(18-22-12-10-20(2)11-13-22)27(34)19-33(23-14-15-25(29)26(30)17-23)38(36,37)24-8-6-5-7-9-24/h5-15,17,21H,4,16,18-19H2,1-3H3,(H,31,35). The fourth-order valence-corrected chi connectivity index (χ4v) is 5.48. The van der Waals surface area contributed by atoms with Gasteiger partial charge in [-0.3, -0.25) is 13.9 Å². The van der Waals surface area contributed by atoms with E-state index < -0.39 is 28.5 Å². The Bertz CT molecular complexity index is 1370. The molecule has 38 heavy (non-hydrogen) atoms. The number of benzene rings is 3. The second-order valence-electron chi connectivity index (χ2n) is 8.90. The largest absolute Gasteiger partial charge is 0.354 e. The summed E-state index contributed by atoms with van der Waals surface area (Å²) in [6, 6.07) is 18.9. The Morgan fingerprint density at radius 2 is 1.61 bits per heavy atom. The molecule has 0 aliphatic heterocycles. The zero-order chi connectivity index (χ0) is 27.9. The number of carbonyl (C=O) groups excluding carboxylic acids is 2. The molecule has 0 heterocycles. The number of anilines is 1. The number of amides is 2. The highest BCUT2D eigenvalue weighted by molar-refractivity contribution is 7.92. The second-order valence-corrected chi connectivity index (χ2v) is 11.6. The van der Waals surface area contributed by atoms with Crippen molar-refractivity contribution in [3.05, 3.63) is 94.0 Å². The smallest absolute Gasteiger partial charge is 0.264 e. The van der Waals surface area contributed by atoms with Gasteiger partial charge in [0.15, 0.2) is 0 Å². The molecule has 3 aromatic carbocycles. The molecule has 202 valence electrons. The summed E-state index contributed by atoms with van der Waals surface area (Å²) in [7, 11) is -4.17. The Balaban J connectivity index is 2.02. The van der Waals surface area contributed by atoms with E-state index in [9.17, 15) is 18.0 Å². The first-order valence-corrected chi connectivity index (χ1v) is 14.4. The Morgan fingerprint density at radius 3 is 2.21 bits per heavy atom. The van der Waals surface area contributed by atoms with Crippen LogP contribution in [0.1, 0.15) is 31.4 Å². The molecule has 7 nitrogen and oxygen atoms in total. The summed E-state index contributed by atoms with van der Waals surface area (Å²) in [4.78, 5) is 28.1. The molecule has 0 fully saturated rings. The third kappa shape index (κ3) is 7.28. The third-order valence-corrected chi connectivity index (χ3v) is 8.52. The molecule has 0 spiro atoms. The van der Waals surface area contributed by atoms with E-state index in [1.807, 2.05) is 38.1 Å². The van der Waals surface area contributed by atoms with Crippen molar-refractivity contribution in [3.63, 3.8) is 0 Å². The SMILES string of the molecule is CCCNC(=O)C(C)N(Cc1ccc(C)cc1)C(=O)CN(c1ccc(Cl)c(Cl)c1)S(=O)(=O)c1ccccc1. The van der Waals surface area contributed by atoms with Crippen LogP contribution >= 0.6 is 23.2 Å². The van der Waals surface area contributed by atoms with Gasteiger partial charge in [0.1, 0.15) is 12.6 Å². The Morgan fingerprint density at radius 1 is 0.947 bits per heavy atom. The number of carbonyl (C=O) groups is 2. The summed E-state index contributed by atoms with van der Waals surface area (Å²) in [5, 5.41) is 3.22. The van der Waals surface area contributed by atoms with Crippen molar-refractivity contribution >= 4 is 50.7 Å². The first kappa shape index (κ1) is 29.5. The molecular weight excluding hydrogens is 545 g/mol. The van der Waals surface area contributed by atoms with Crippen LogP contribution in [0.5, 0.6) is 0 Å². The first-order valence-electron chi connectivity index (χ1n) is 12.2. The predicted molar refractivity (Wildman–Crippen MR) is 152 cm³/mol. The van der Waals surface area contributed by atoms with Crippen molar-refractivity contribution in [3.8, 4) is 0 Å². The molecule has 1 atom stereocenters. The maximum atomic E-state index is 13.8. The third-order valence-electron chi connectivity index (χ3n) is 5.99. The average molecular weight is 577 g/mol. The number of hydrogen-bond acceptors (Lipinski definition) is 4. The molecule has 2 amide bonds. The predicted octanol–water partition coefficient (Wildman–Crippen LogP) is 5.44. The van der Waals surface area contributed by atoms with Crippen LogP contribution in [-0.2, 0) is 26.2 Å². The molecule has 10 heteroatoms. The highest BCUT2D eigenvalue weighted by atomic mass is 35.5. The fourth-order valence-electron chi connectivity index (χ4n) is 3.76. The molecule has 3 rings (SSSR count). The van der Waals surface area contributed by atoms with Gasteiger partial charge in [0.25, 0.3) is 10.0 Å². The van der Waals surface area contributed by atoms with E-state index in [1.54, 1.807) is 25.1 Å². The summed E-state index contributed by atoms with van der Waals surface area (Å²) in [6.07, 6.45) is 0.741. The minimum Gasteiger partial charge on any atom is -0.354 e. The van der Waals surface area contributed by atoms with Crippen LogP contribution in [0.4, 0.5) is 5.69 Å². The van der Waals surface area contributed by atoms with Gasteiger partial charge in [-0.1, -0.05) is 78.2 Å². The zero-order valence-corrected chi connectivity index (χ0v) is 23.9. The zero-order valence-electron chi connectivity index (χ0n) is 21.5. The summed E-state index contributed by atoms with van der Waals surface area (Å²) < 4.78 is 28.4. The number of aryl methyl sites for hydroxylation is 1. The minimum absolute atomic E-state index is 0.0118. The number of nitrogens with zero attached hydrogens (tertiary/aromatic N) is 2. The number of nitrogens with one attached hydrogen (secondary N) is 1. The molecule has 0 aliphatic rings. The molecule has 0 saturated heterocycles. The van der Waals surface area contributed by atoms with E-state index in [4.69, 9.17) is 23.2 Å². The van der Waals surface area contributed by atoms with Crippen LogP contribution in [0, 0.1) is 6.92 Å². The highest BCUT2D eigenvalue weighted by Gasteiger charge is 2.32. The van der Waals surface area contributed by atoms with Gasteiger partial charge >= 0.3 is 0 Å². The topological polar surface area (TPSA) is 86.8 Å². The van der Waals surface area contributed by atoms with Gasteiger partial charge in [-0.15, -0.1) is 0 Å². The number of halogens is 2. The van der Waals surface area contributed by atoms with Crippen molar-refractivity contribution in [2.75, 3.05) is 17.4 Å². The van der Waals surface area contributed by atoms with Gasteiger partial charge in [-0.05, 0) is 56.2 Å². The summed E-state index contributed by atoms with van der Waals surface area (Å²) in [5.74, 6) is -0.866. The lowest BCUT2D eigenvalue weighted by atomic mass is 10.1. The van der Waals surface area contributed by atoms with E-state index in [1.165, 1.54) is 35.2 Å². The van der Waals surface area contributed by atoms with Gasteiger partial charge in [-0.2, -0.15) is 0 Å². The molecule has 0 bridgehead atoms. The molecule has 1 unspecified atom stereocenters. The van der Waals surface area contributed by atoms with Crippen LogP contribution in [0.2, 0.25) is 10.0 Å². The van der Waals surface area contributed by atoms with Gasteiger partial charge in [0.2, 0.25) is 11.8 Å². The van der Waals surface area contributed by atoms with Crippen molar-refractivity contribution in [2.45, 2.75) is 44.7 Å². The quantitative estimate of drug-likeness (QED) is 0.330. The second kappa shape index (κ2) is 13.1. The van der Waals surface area contributed by atoms with E-state index in [0.717, 1.165) is 21.9 Å². The molecular formula is C28H31Cl2N3O4S. The Kier molecular flexibility index (Phi) is 10.2. The molecule has 0 radical (unpaired) electrons. The maximum Gasteiger partial charge on any atom is 0.264 e. The minimum atomic E-state index is -4.17. The van der Waals surface area contributed by atoms with Crippen LogP contribution in [0.3, 0.4) is 0 Å². The number of rotatable bonds is 11. The van der Waals surface area contributed by atoms with Crippen molar-refractivity contribution in [2.24, 2.45) is 0 Å². The highest BCUT2D eigenvalue weighted by Crippen LogP contribution is 2.30. The lowest BCUT2D eigenvalue weighted by Gasteiger charge is -2.32. The van der Waals surface area contributed by atoms with Gasteiger partial charge < -0.3 is 10.2 Å². The number of sulfonamides is 1. The van der Waals surface area contributed by atoms with E-state index in [-0.39, 0.29) is 33.1 Å². The molecule has 3 aromatic rings. The maximum absolute atomic E-state index is 13.8. The average Bonchev–Trinajstić information content (AvgIpc) is 2.91. The Labute approximate surface area is 234 Å². The summed E-state index contributed by atoms with van der Waals surface area (Å²) >= 11 is 12.3. The van der Waals surface area contributed by atoms with Crippen LogP contribution in [-0.4, -0.2) is 44.3 Å². The van der Waals surface area contributed by atoms with Gasteiger partial charge in [0.05, 0.1) is 20.6 Å². The molecule has 1 N–H and O–H groups in total. The van der Waals surface area contributed by atoms with E-state index in [2.05, 4.69) is 5.32 Å². The Hall–Kier alpha value is -3.07. The number of hydrogen-bond donors (Lipinski definition) is 1. The van der Waals surface area contributed by atoms with Gasteiger partial charge in [0, 0.05) is 13.1 Å². The summed E-state index contributed by atoms with van der Waals surface area (Å²) in [5.41, 5.74) is 2.04. The van der Waals surface area contributed by atoms with E-state index in [0.29, 0.717) is 6.54 Å². The van der Waals surface area contributed by atoms with Crippen LogP contribution in [0.15, 0.2) is 77.7 Å². The summed E-state index contributed by atoms with van der Waals surface area (Å²) in [6.45, 7) is 5.56. The van der Waals surface area contributed by atoms with Crippen molar-refractivity contribution < 1.29 is 18.0 Å². The van der Waals surface area contributed by atoms with Crippen LogP contribution in [0.25, 0.3) is 0 Å². The fraction of sp³-hybridized carbons (Fsp3) is 0.286. The van der Waals surface area contributed by atoms with Crippen LogP contribution < -0.4 is 9.62 Å². The lowest BCUT2D eigenvalue weighted by Crippen LogP contribution is -2.51. The van der Waals surface area contributed by atoms with Gasteiger partial charge in [-0.25, -0.2) is 8.42 Å². The molecule has 0 saturated carbocycles. The lowest BCUT2D eigenvalue weighted by molar-refractivity contribution is -0.139. The van der Waals surface area contributed by atoms with Crippen molar-refractivity contribution in [1.29, 1.82) is 0 Å². The molecule has 0 aromatic heterocycles. The van der Waals surface area contributed by atoms with E-state index >= 15 is 0 Å². The van der Waals surface area contributed by atoms with Crippen molar-refractivity contribution in [1.82, 2.24) is 10.2 Å². The monoisotopic (exact) mass is 575 g/mol. The first-order chi connectivity index (χ1) is 18.0. The normalized spacial score (nSPS) is 12.0.